The van der Waals surface area contributed by atoms with Crippen molar-refractivity contribution in [3.63, 3.8) is 0 Å². The fourth-order valence-corrected chi connectivity index (χ4v) is 5.94. The van der Waals surface area contributed by atoms with Gasteiger partial charge in [-0.05, 0) is 63.1 Å². The summed E-state index contributed by atoms with van der Waals surface area (Å²) in [7, 11) is 0. The zero-order chi connectivity index (χ0) is 31.1. The first kappa shape index (κ1) is 31.0. The van der Waals surface area contributed by atoms with Crippen molar-refractivity contribution in [2.24, 2.45) is 0 Å². The van der Waals surface area contributed by atoms with Gasteiger partial charge in [-0.15, -0.1) is 0 Å². The lowest BCUT2D eigenvalue weighted by Gasteiger charge is -2.40. The van der Waals surface area contributed by atoms with Crippen molar-refractivity contribution < 1.29 is 27.1 Å². The Morgan fingerprint density at radius 2 is 1.72 bits per heavy atom. The van der Waals surface area contributed by atoms with E-state index < -0.39 is 37.0 Å². The smallest absolute Gasteiger partial charge is 0.410 e. The number of piperazine rings is 1. The van der Waals surface area contributed by atoms with Gasteiger partial charge in [-0.1, -0.05) is 29.8 Å². The first-order chi connectivity index (χ1) is 20.2. The van der Waals surface area contributed by atoms with Gasteiger partial charge in [0.25, 0.3) is 12.3 Å². The largest absolute Gasteiger partial charge is 0.444 e. The van der Waals surface area contributed by atoms with Gasteiger partial charge in [0.1, 0.15) is 11.3 Å². The van der Waals surface area contributed by atoms with Crippen LogP contribution in [0.2, 0.25) is 5.02 Å². The molecular formula is C31H36ClF4N5O2. The average molecular weight is 622 g/mol. The van der Waals surface area contributed by atoms with E-state index in [1.54, 1.807) is 23.1 Å². The number of hydrogen-bond donors (Lipinski definition) is 0. The maximum absolute atomic E-state index is 15.1. The number of aromatic nitrogens is 2. The Morgan fingerprint density at radius 1 is 1.05 bits per heavy atom. The van der Waals surface area contributed by atoms with Gasteiger partial charge in [0, 0.05) is 61.1 Å². The van der Waals surface area contributed by atoms with Gasteiger partial charge in [-0.25, -0.2) is 22.4 Å². The highest BCUT2D eigenvalue weighted by atomic mass is 35.5. The fourth-order valence-electron chi connectivity index (χ4n) is 5.78. The van der Waals surface area contributed by atoms with Crippen molar-refractivity contribution in [3.05, 3.63) is 64.9 Å². The Bertz CT molecular complexity index is 1450. The molecule has 2 aliphatic rings. The molecule has 0 saturated carbocycles. The van der Waals surface area contributed by atoms with Crippen molar-refractivity contribution in [1.29, 1.82) is 0 Å². The van der Waals surface area contributed by atoms with E-state index in [4.69, 9.17) is 16.3 Å². The highest BCUT2D eigenvalue weighted by Crippen LogP contribution is 2.41. The number of anilines is 2. The Balaban J connectivity index is 1.36. The van der Waals surface area contributed by atoms with Gasteiger partial charge in [-0.2, -0.15) is 5.10 Å². The van der Waals surface area contributed by atoms with Crippen LogP contribution in [0.25, 0.3) is 11.1 Å². The van der Waals surface area contributed by atoms with Gasteiger partial charge in [0.2, 0.25) is 0 Å². The zero-order valence-electron chi connectivity index (χ0n) is 24.7. The summed E-state index contributed by atoms with van der Waals surface area (Å²) in [5, 5.41) is 4.43. The van der Waals surface area contributed by atoms with Crippen LogP contribution in [0.5, 0.6) is 0 Å². The van der Waals surface area contributed by atoms with Gasteiger partial charge in [0.15, 0.2) is 0 Å². The minimum Gasteiger partial charge on any atom is -0.444 e. The molecule has 5 rings (SSSR count). The molecule has 2 aromatic carbocycles. The molecule has 1 amide bonds. The molecule has 2 aliphatic heterocycles. The predicted molar refractivity (Wildman–Crippen MR) is 160 cm³/mol. The SMILES string of the molecule is Cc1cnn(C2CN(c3cc(Cl)ccc3-c3ccc(N4CCN(C(=O)OC(C)(C)C)CC4)cc3)CC(F)(F)C2)c1C(F)F. The number of nitrogens with zero attached hydrogens (tertiary/aromatic N) is 5. The molecule has 0 radical (unpaired) electrons. The van der Waals surface area contributed by atoms with Crippen LogP contribution in [0.1, 0.15) is 50.9 Å². The minimum absolute atomic E-state index is 0.0732. The van der Waals surface area contributed by atoms with Crippen LogP contribution >= 0.6 is 11.6 Å². The van der Waals surface area contributed by atoms with Crippen molar-refractivity contribution in [2.75, 3.05) is 49.1 Å². The number of hydrogen-bond acceptors (Lipinski definition) is 5. The number of amides is 1. The van der Waals surface area contributed by atoms with Crippen molar-refractivity contribution in [1.82, 2.24) is 14.7 Å². The molecule has 3 aromatic rings. The summed E-state index contributed by atoms with van der Waals surface area (Å²) in [5.74, 6) is -3.13. The lowest BCUT2D eigenvalue weighted by atomic mass is 9.97. The molecule has 0 N–H and O–H groups in total. The molecule has 0 spiro atoms. The van der Waals surface area contributed by atoms with Gasteiger partial charge < -0.3 is 19.4 Å². The summed E-state index contributed by atoms with van der Waals surface area (Å²) < 4.78 is 64.4. The van der Waals surface area contributed by atoms with E-state index in [9.17, 15) is 13.6 Å². The maximum atomic E-state index is 15.1. The van der Waals surface area contributed by atoms with Crippen LogP contribution < -0.4 is 9.80 Å². The standard InChI is InChI=1S/C31H36ClF4N5O2/c1-20-17-37-41(27(20)28(33)34)24-16-31(35,36)19-40(18-24)26-15-22(32)7-10-25(26)21-5-8-23(9-6-21)38-11-13-39(14-12-38)29(42)43-30(2,3)4/h5-10,15,17,24,28H,11-14,16,18-19H2,1-4H3. The quantitative estimate of drug-likeness (QED) is 0.275. The number of carbonyl (C=O) groups excluding carboxylic acids is 1. The van der Waals surface area contributed by atoms with E-state index >= 15 is 8.78 Å². The number of halogens is 5. The predicted octanol–water partition coefficient (Wildman–Crippen LogP) is 7.59. The Hall–Kier alpha value is -3.47. The highest BCUT2D eigenvalue weighted by Gasteiger charge is 2.43. The number of rotatable bonds is 5. The van der Waals surface area contributed by atoms with E-state index in [1.165, 1.54) is 18.0 Å². The van der Waals surface area contributed by atoms with E-state index in [2.05, 4.69) is 10.00 Å². The number of ether oxygens (including phenoxy) is 1. The molecule has 1 atom stereocenters. The number of benzene rings is 2. The first-order valence-electron chi connectivity index (χ1n) is 14.3. The normalized spacial score (nSPS) is 19.2. The molecule has 2 saturated heterocycles. The monoisotopic (exact) mass is 621 g/mol. The number of alkyl halides is 4. The second-order valence-corrected chi connectivity index (χ2v) is 12.7. The summed E-state index contributed by atoms with van der Waals surface area (Å²) in [6.45, 7) is 8.88. The third kappa shape index (κ3) is 7.03. The molecular weight excluding hydrogens is 586 g/mol. The van der Waals surface area contributed by atoms with Gasteiger partial charge >= 0.3 is 6.09 Å². The van der Waals surface area contributed by atoms with Gasteiger partial charge in [-0.3, -0.25) is 4.68 Å². The Kier molecular flexibility index (Phi) is 8.57. The van der Waals surface area contributed by atoms with E-state index in [1.807, 2.05) is 45.0 Å². The minimum atomic E-state index is -3.13. The van der Waals surface area contributed by atoms with Crippen LogP contribution in [0.3, 0.4) is 0 Å². The first-order valence-corrected chi connectivity index (χ1v) is 14.7. The summed E-state index contributed by atoms with van der Waals surface area (Å²) in [5.41, 5.74) is 2.35. The third-order valence-corrected chi connectivity index (χ3v) is 7.98. The molecule has 0 bridgehead atoms. The molecule has 1 unspecified atom stereocenters. The van der Waals surface area contributed by atoms with E-state index in [0.717, 1.165) is 15.9 Å². The molecule has 0 aliphatic carbocycles. The molecule has 7 nitrogen and oxygen atoms in total. The molecule has 43 heavy (non-hydrogen) atoms. The molecule has 12 heteroatoms. The average Bonchev–Trinajstić information content (AvgIpc) is 3.33. The highest BCUT2D eigenvalue weighted by molar-refractivity contribution is 6.31. The van der Waals surface area contributed by atoms with Crippen molar-refractivity contribution >= 4 is 29.1 Å². The fraction of sp³-hybridized carbons (Fsp3) is 0.484. The summed E-state index contributed by atoms with van der Waals surface area (Å²) in [6.07, 6.45) is -2.44. The topological polar surface area (TPSA) is 53.8 Å². The van der Waals surface area contributed by atoms with Crippen LogP contribution in [0.15, 0.2) is 48.7 Å². The van der Waals surface area contributed by atoms with Gasteiger partial charge in [0.05, 0.1) is 18.8 Å². The molecule has 232 valence electrons. The second kappa shape index (κ2) is 11.9. The summed E-state index contributed by atoms with van der Waals surface area (Å²) in [4.78, 5) is 17.8. The molecule has 2 fully saturated rings. The number of aryl methyl sites for hydroxylation is 1. The third-order valence-electron chi connectivity index (χ3n) is 7.74. The van der Waals surface area contributed by atoms with Crippen LogP contribution in [0.4, 0.5) is 33.7 Å². The van der Waals surface area contributed by atoms with Crippen molar-refractivity contribution in [3.8, 4) is 11.1 Å². The number of carbonyl (C=O) groups is 1. The lowest BCUT2D eigenvalue weighted by Crippen LogP contribution is -2.50. The van der Waals surface area contributed by atoms with Crippen LogP contribution in [-0.4, -0.2) is 71.6 Å². The zero-order valence-corrected chi connectivity index (χ0v) is 25.4. The maximum Gasteiger partial charge on any atom is 0.410 e. The van der Waals surface area contributed by atoms with Crippen LogP contribution in [0, 0.1) is 6.92 Å². The van der Waals surface area contributed by atoms with E-state index in [-0.39, 0.29) is 23.9 Å². The van der Waals surface area contributed by atoms with Crippen LogP contribution in [-0.2, 0) is 4.74 Å². The number of piperidine rings is 1. The Morgan fingerprint density at radius 3 is 2.35 bits per heavy atom. The lowest BCUT2D eigenvalue weighted by molar-refractivity contribution is -0.0298. The summed E-state index contributed by atoms with van der Waals surface area (Å²) >= 11 is 6.34. The second-order valence-electron chi connectivity index (χ2n) is 12.2. The molecule has 1 aromatic heterocycles. The van der Waals surface area contributed by atoms with E-state index in [0.29, 0.717) is 42.5 Å². The Labute approximate surface area is 254 Å². The van der Waals surface area contributed by atoms with Crippen molar-refractivity contribution in [2.45, 2.75) is 58.1 Å². The molecule has 3 heterocycles. The summed E-state index contributed by atoms with van der Waals surface area (Å²) in [6, 6.07) is 12.0.